The molecule has 1 saturated heterocycles. The number of rotatable bonds is 10. The number of aliphatic hydroxyl groups is 1. The van der Waals surface area contributed by atoms with Crippen LogP contribution in [-0.2, 0) is 9.59 Å². The molecular weight excluding hydrogens is 528 g/mol. The molecule has 0 bridgehead atoms. The number of Topliss-reactive ketones (excluding diaryl/α,β-unsaturated/α-hetero) is 1. The van der Waals surface area contributed by atoms with Crippen molar-refractivity contribution in [3.8, 4) is 17.2 Å². The molecule has 0 aliphatic carbocycles. The van der Waals surface area contributed by atoms with E-state index in [4.69, 9.17) is 19.2 Å². The van der Waals surface area contributed by atoms with Crippen molar-refractivity contribution < 1.29 is 28.9 Å². The first-order valence-electron chi connectivity index (χ1n) is 13.3. The van der Waals surface area contributed by atoms with E-state index in [9.17, 15) is 14.7 Å². The Morgan fingerprint density at radius 1 is 0.925 bits per heavy atom. The summed E-state index contributed by atoms with van der Waals surface area (Å²) in [5, 5.41) is 11.7. The number of benzene rings is 3. The van der Waals surface area contributed by atoms with Gasteiger partial charge in [-0.2, -0.15) is 0 Å². The highest BCUT2D eigenvalue weighted by atomic mass is 32.1. The minimum Gasteiger partial charge on any atom is -0.507 e. The summed E-state index contributed by atoms with van der Waals surface area (Å²) in [4.78, 5) is 33.2. The van der Waals surface area contributed by atoms with Crippen molar-refractivity contribution in [3.63, 3.8) is 0 Å². The van der Waals surface area contributed by atoms with E-state index in [-0.39, 0.29) is 11.3 Å². The van der Waals surface area contributed by atoms with Crippen LogP contribution in [0.2, 0.25) is 0 Å². The molecule has 0 saturated carbocycles. The Bertz CT molecular complexity index is 1580. The Labute approximate surface area is 236 Å². The third-order valence-corrected chi connectivity index (χ3v) is 7.42. The monoisotopic (exact) mass is 558 g/mol. The second-order valence-corrected chi connectivity index (χ2v) is 10.1. The van der Waals surface area contributed by atoms with Crippen LogP contribution in [0.1, 0.15) is 44.4 Å². The zero-order valence-electron chi connectivity index (χ0n) is 22.5. The number of hydrogen-bond acceptors (Lipinski definition) is 8. The van der Waals surface area contributed by atoms with Crippen LogP contribution in [0, 0.1) is 0 Å². The predicted molar refractivity (Wildman–Crippen MR) is 155 cm³/mol. The molecule has 40 heavy (non-hydrogen) atoms. The minimum atomic E-state index is -0.938. The number of anilines is 1. The van der Waals surface area contributed by atoms with Gasteiger partial charge in [0, 0.05) is 5.56 Å². The van der Waals surface area contributed by atoms with Crippen molar-refractivity contribution in [1.82, 2.24) is 4.98 Å². The van der Waals surface area contributed by atoms with E-state index in [2.05, 4.69) is 0 Å². The Morgan fingerprint density at radius 3 is 2.42 bits per heavy atom. The SMILES string of the molecule is CCCOc1ccc(C2/C(=C(\O)c3ccccc3)C(=O)C(=O)N2c2nc3ccc(OCC)cc3s2)cc1OCC. The molecule has 0 spiro atoms. The van der Waals surface area contributed by atoms with E-state index in [0.29, 0.717) is 58.8 Å². The highest BCUT2D eigenvalue weighted by molar-refractivity contribution is 7.22. The van der Waals surface area contributed by atoms with Crippen molar-refractivity contribution in [1.29, 1.82) is 0 Å². The number of ketones is 1. The zero-order valence-corrected chi connectivity index (χ0v) is 23.4. The Balaban J connectivity index is 1.69. The van der Waals surface area contributed by atoms with Gasteiger partial charge in [0.15, 0.2) is 16.6 Å². The number of aromatic nitrogens is 1. The van der Waals surface area contributed by atoms with Gasteiger partial charge in [0.1, 0.15) is 11.5 Å². The second-order valence-electron chi connectivity index (χ2n) is 9.08. The predicted octanol–water partition coefficient (Wildman–Crippen LogP) is 6.51. The van der Waals surface area contributed by atoms with Crippen molar-refractivity contribution in [2.75, 3.05) is 24.7 Å². The molecule has 1 aromatic heterocycles. The van der Waals surface area contributed by atoms with E-state index in [1.54, 1.807) is 42.5 Å². The molecule has 4 aromatic rings. The highest BCUT2D eigenvalue weighted by Gasteiger charge is 2.48. The second kappa shape index (κ2) is 11.8. The topological polar surface area (TPSA) is 98.2 Å². The Kier molecular flexibility index (Phi) is 8.02. The van der Waals surface area contributed by atoms with Crippen LogP contribution in [0.25, 0.3) is 16.0 Å². The molecule has 206 valence electrons. The van der Waals surface area contributed by atoms with Crippen molar-refractivity contribution >= 4 is 44.1 Å². The van der Waals surface area contributed by atoms with E-state index >= 15 is 0 Å². The van der Waals surface area contributed by atoms with Crippen LogP contribution >= 0.6 is 11.3 Å². The lowest BCUT2D eigenvalue weighted by atomic mass is 9.95. The first-order valence-corrected chi connectivity index (χ1v) is 14.1. The summed E-state index contributed by atoms with van der Waals surface area (Å²) >= 11 is 1.28. The van der Waals surface area contributed by atoms with Crippen LogP contribution in [-0.4, -0.2) is 41.6 Å². The van der Waals surface area contributed by atoms with Gasteiger partial charge in [0.25, 0.3) is 5.78 Å². The number of aliphatic hydroxyl groups excluding tert-OH is 1. The van der Waals surface area contributed by atoms with Gasteiger partial charge in [-0.15, -0.1) is 0 Å². The van der Waals surface area contributed by atoms with E-state index in [1.807, 2.05) is 45.0 Å². The maximum atomic E-state index is 13.6. The van der Waals surface area contributed by atoms with Crippen LogP contribution in [0.3, 0.4) is 0 Å². The first-order chi connectivity index (χ1) is 19.5. The lowest BCUT2D eigenvalue weighted by Crippen LogP contribution is -2.29. The lowest BCUT2D eigenvalue weighted by molar-refractivity contribution is -0.132. The van der Waals surface area contributed by atoms with E-state index in [1.165, 1.54) is 16.2 Å². The zero-order chi connectivity index (χ0) is 28.2. The van der Waals surface area contributed by atoms with Gasteiger partial charge in [-0.3, -0.25) is 14.5 Å². The molecule has 1 aliphatic rings. The van der Waals surface area contributed by atoms with Crippen molar-refractivity contribution in [3.05, 3.63) is 83.4 Å². The molecule has 1 unspecified atom stereocenters. The van der Waals surface area contributed by atoms with Gasteiger partial charge in [-0.1, -0.05) is 54.7 Å². The normalized spacial score (nSPS) is 16.5. The molecule has 1 fully saturated rings. The summed E-state index contributed by atoms with van der Waals surface area (Å²) < 4.78 is 18.2. The summed E-state index contributed by atoms with van der Waals surface area (Å²) in [6, 6.07) is 18.6. The van der Waals surface area contributed by atoms with Crippen LogP contribution in [0.4, 0.5) is 5.13 Å². The molecule has 9 heteroatoms. The van der Waals surface area contributed by atoms with Gasteiger partial charge in [-0.25, -0.2) is 4.98 Å². The molecule has 1 atom stereocenters. The third kappa shape index (κ3) is 5.12. The standard InChI is InChI=1S/C31H30N2O6S/c1-4-16-39-23-15-12-20(17-24(23)38-6-3)27-26(28(34)19-10-8-7-9-11-19)29(35)30(36)33(27)31-32-22-14-13-21(37-5-2)18-25(22)40-31/h7-15,17-18,27,34H,4-6,16H2,1-3H3/b28-26+. The third-order valence-electron chi connectivity index (χ3n) is 6.40. The van der Waals surface area contributed by atoms with Gasteiger partial charge in [0.2, 0.25) is 0 Å². The fourth-order valence-corrected chi connectivity index (χ4v) is 5.66. The average Bonchev–Trinajstić information content (AvgIpc) is 3.50. The smallest absolute Gasteiger partial charge is 0.301 e. The number of thiazole rings is 1. The first kappa shape index (κ1) is 27.2. The van der Waals surface area contributed by atoms with Crippen LogP contribution in [0.15, 0.2) is 72.3 Å². The van der Waals surface area contributed by atoms with Crippen LogP contribution in [0.5, 0.6) is 17.2 Å². The lowest BCUT2D eigenvalue weighted by Gasteiger charge is -2.24. The molecule has 1 N–H and O–H groups in total. The molecule has 5 rings (SSSR count). The summed E-state index contributed by atoms with van der Waals surface area (Å²) in [7, 11) is 0. The number of nitrogens with zero attached hydrogens (tertiary/aromatic N) is 2. The fourth-order valence-electron chi connectivity index (χ4n) is 4.64. The number of hydrogen-bond donors (Lipinski definition) is 1. The summed E-state index contributed by atoms with van der Waals surface area (Å²) in [6.45, 7) is 7.23. The molecule has 1 amide bonds. The maximum absolute atomic E-state index is 13.6. The largest absolute Gasteiger partial charge is 0.507 e. The quantitative estimate of drug-likeness (QED) is 0.135. The van der Waals surface area contributed by atoms with E-state index in [0.717, 1.165) is 11.1 Å². The highest BCUT2D eigenvalue weighted by Crippen LogP contribution is 2.46. The molecule has 3 aromatic carbocycles. The molecule has 0 radical (unpaired) electrons. The molecule has 2 heterocycles. The summed E-state index contributed by atoms with van der Waals surface area (Å²) in [6.07, 6.45) is 0.827. The summed E-state index contributed by atoms with van der Waals surface area (Å²) in [5.41, 5.74) is 1.67. The maximum Gasteiger partial charge on any atom is 0.301 e. The Hall–Kier alpha value is -4.37. The van der Waals surface area contributed by atoms with Gasteiger partial charge in [-0.05, 0) is 56.2 Å². The number of fused-ring (bicyclic) bond motifs is 1. The minimum absolute atomic E-state index is 0.0184. The fraction of sp³-hybridized carbons (Fsp3) is 0.258. The number of carbonyl (C=O) groups is 2. The molecule has 8 nitrogen and oxygen atoms in total. The molecular formula is C31H30N2O6S. The van der Waals surface area contributed by atoms with Gasteiger partial charge >= 0.3 is 5.91 Å². The number of carbonyl (C=O) groups excluding carboxylic acids is 2. The Morgan fingerprint density at radius 2 is 1.70 bits per heavy atom. The van der Waals surface area contributed by atoms with Gasteiger partial charge < -0.3 is 19.3 Å². The van der Waals surface area contributed by atoms with Crippen LogP contribution < -0.4 is 19.1 Å². The summed E-state index contributed by atoms with van der Waals surface area (Å²) in [5.74, 6) is -0.0617. The molecule has 1 aliphatic heterocycles. The van der Waals surface area contributed by atoms with Gasteiger partial charge in [0.05, 0.1) is 41.7 Å². The average molecular weight is 559 g/mol. The number of amides is 1. The van der Waals surface area contributed by atoms with Crippen molar-refractivity contribution in [2.24, 2.45) is 0 Å². The number of ether oxygens (including phenoxy) is 3. The van der Waals surface area contributed by atoms with Crippen molar-refractivity contribution in [2.45, 2.75) is 33.2 Å². The van der Waals surface area contributed by atoms with E-state index < -0.39 is 17.7 Å².